The maximum atomic E-state index is 12.1. The van der Waals surface area contributed by atoms with Crippen molar-refractivity contribution in [2.45, 2.75) is 13.0 Å². The molecule has 0 bridgehead atoms. The second-order valence-electron chi connectivity index (χ2n) is 4.67. The summed E-state index contributed by atoms with van der Waals surface area (Å²) in [6.45, 7) is 0.425. The van der Waals surface area contributed by atoms with Crippen LogP contribution in [0.4, 0.5) is 5.69 Å². The molecule has 0 saturated heterocycles. The summed E-state index contributed by atoms with van der Waals surface area (Å²) >= 11 is 7.32. The van der Waals surface area contributed by atoms with Gasteiger partial charge in [-0.25, -0.2) is 5.84 Å². The lowest BCUT2D eigenvalue weighted by Crippen LogP contribution is -2.29. The number of hydrogen-bond acceptors (Lipinski definition) is 4. The number of thiophene rings is 1. The summed E-state index contributed by atoms with van der Waals surface area (Å²) in [5, 5.41) is 0.600. The standard InChI is InChI=1S/C14H12ClN3O2S/c15-9-2-1-8-5-13(19)18(11(8)6-9)7-10-3-4-12(21-10)14(20)17-16/h1-4,6H,5,7,16H2,(H,17,20). The van der Waals surface area contributed by atoms with Crippen LogP contribution in [-0.2, 0) is 17.8 Å². The molecule has 21 heavy (non-hydrogen) atoms. The first kappa shape index (κ1) is 14.1. The number of nitrogens with two attached hydrogens (primary N) is 1. The summed E-state index contributed by atoms with van der Waals surface area (Å²) in [5.41, 5.74) is 3.91. The fourth-order valence-electron chi connectivity index (χ4n) is 2.32. The van der Waals surface area contributed by atoms with Crippen LogP contribution >= 0.6 is 22.9 Å². The van der Waals surface area contributed by atoms with Crippen LogP contribution < -0.4 is 16.2 Å². The average Bonchev–Trinajstić information content (AvgIpc) is 3.05. The van der Waals surface area contributed by atoms with Gasteiger partial charge in [-0.3, -0.25) is 15.0 Å². The number of nitrogens with zero attached hydrogens (tertiary/aromatic N) is 1. The van der Waals surface area contributed by atoms with Gasteiger partial charge >= 0.3 is 0 Å². The van der Waals surface area contributed by atoms with Gasteiger partial charge in [-0.15, -0.1) is 11.3 Å². The zero-order valence-corrected chi connectivity index (χ0v) is 12.5. The van der Waals surface area contributed by atoms with Crippen LogP contribution in [0.5, 0.6) is 0 Å². The minimum Gasteiger partial charge on any atom is -0.307 e. The molecule has 1 aliphatic rings. The van der Waals surface area contributed by atoms with E-state index in [2.05, 4.69) is 5.43 Å². The number of rotatable bonds is 3. The van der Waals surface area contributed by atoms with E-state index in [-0.39, 0.29) is 11.8 Å². The number of hydrazine groups is 1. The van der Waals surface area contributed by atoms with Gasteiger partial charge in [0, 0.05) is 15.6 Å². The third kappa shape index (κ3) is 2.65. The van der Waals surface area contributed by atoms with Crippen molar-refractivity contribution in [3.8, 4) is 0 Å². The van der Waals surface area contributed by atoms with Crippen molar-refractivity contribution >= 4 is 40.4 Å². The Kier molecular flexibility index (Phi) is 3.67. The predicted octanol–water partition coefficient (Wildman–Crippen LogP) is 2.09. The monoisotopic (exact) mass is 321 g/mol. The normalized spacial score (nSPS) is 13.4. The van der Waals surface area contributed by atoms with E-state index < -0.39 is 0 Å². The Morgan fingerprint density at radius 2 is 2.19 bits per heavy atom. The summed E-state index contributed by atoms with van der Waals surface area (Å²) in [4.78, 5) is 26.7. The number of anilines is 1. The lowest BCUT2D eigenvalue weighted by atomic mass is 10.2. The highest BCUT2D eigenvalue weighted by Crippen LogP contribution is 2.33. The summed E-state index contributed by atoms with van der Waals surface area (Å²) in [6.07, 6.45) is 0.383. The van der Waals surface area contributed by atoms with Crippen molar-refractivity contribution in [2.24, 2.45) is 5.84 Å². The van der Waals surface area contributed by atoms with E-state index in [1.807, 2.05) is 12.1 Å². The minimum absolute atomic E-state index is 0.0329. The Bertz CT molecular complexity index is 729. The van der Waals surface area contributed by atoms with E-state index >= 15 is 0 Å². The van der Waals surface area contributed by atoms with Gasteiger partial charge in [0.05, 0.1) is 17.8 Å². The van der Waals surface area contributed by atoms with Crippen molar-refractivity contribution in [3.63, 3.8) is 0 Å². The van der Waals surface area contributed by atoms with E-state index in [4.69, 9.17) is 17.4 Å². The molecular weight excluding hydrogens is 310 g/mol. The number of hydrogen-bond donors (Lipinski definition) is 2. The van der Waals surface area contributed by atoms with E-state index in [9.17, 15) is 9.59 Å². The van der Waals surface area contributed by atoms with E-state index in [1.54, 1.807) is 23.1 Å². The van der Waals surface area contributed by atoms with E-state index in [0.29, 0.717) is 22.9 Å². The number of carbonyl (C=O) groups excluding carboxylic acids is 2. The Morgan fingerprint density at radius 1 is 1.38 bits per heavy atom. The topological polar surface area (TPSA) is 75.4 Å². The van der Waals surface area contributed by atoms with Crippen LogP contribution in [0, 0.1) is 0 Å². The van der Waals surface area contributed by atoms with Crippen molar-refractivity contribution < 1.29 is 9.59 Å². The third-order valence-electron chi connectivity index (χ3n) is 3.31. The molecule has 108 valence electrons. The molecule has 3 rings (SSSR count). The van der Waals surface area contributed by atoms with Gasteiger partial charge in [-0.2, -0.15) is 0 Å². The molecule has 1 aromatic heterocycles. The number of amides is 2. The predicted molar refractivity (Wildman–Crippen MR) is 82.3 cm³/mol. The minimum atomic E-state index is -0.331. The molecular formula is C14H12ClN3O2S. The maximum Gasteiger partial charge on any atom is 0.275 e. The lowest BCUT2D eigenvalue weighted by molar-refractivity contribution is -0.117. The van der Waals surface area contributed by atoms with Crippen LogP contribution in [0.25, 0.3) is 0 Å². The number of nitrogen functional groups attached to an aromatic ring is 1. The van der Waals surface area contributed by atoms with Gasteiger partial charge < -0.3 is 4.90 Å². The van der Waals surface area contributed by atoms with Crippen LogP contribution in [0.1, 0.15) is 20.1 Å². The molecule has 1 aromatic carbocycles. The highest BCUT2D eigenvalue weighted by Gasteiger charge is 2.27. The first-order valence-electron chi connectivity index (χ1n) is 6.27. The average molecular weight is 322 g/mol. The van der Waals surface area contributed by atoms with Crippen molar-refractivity contribution in [2.75, 3.05) is 4.90 Å². The number of benzene rings is 1. The molecule has 7 heteroatoms. The third-order valence-corrected chi connectivity index (χ3v) is 4.62. The second kappa shape index (κ2) is 5.48. The maximum absolute atomic E-state index is 12.1. The Hall–Kier alpha value is -1.89. The highest BCUT2D eigenvalue weighted by molar-refractivity contribution is 7.14. The number of fused-ring (bicyclic) bond motifs is 1. The molecule has 0 fully saturated rings. The Labute approximate surface area is 130 Å². The molecule has 0 atom stereocenters. The fourth-order valence-corrected chi connectivity index (χ4v) is 3.38. The molecule has 2 amide bonds. The van der Waals surface area contributed by atoms with Crippen LogP contribution in [-0.4, -0.2) is 11.8 Å². The second-order valence-corrected chi connectivity index (χ2v) is 6.27. The Balaban J connectivity index is 1.85. The molecule has 5 nitrogen and oxygen atoms in total. The van der Waals surface area contributed by atoms with Gasteiger partial charge in [0.1, 0.15) is 0 Å². The summed E-state index contributed by atoms with van der Waals surface area (Å²) in [6, 6.07) is 8.97. The van der Waals surface area contributed by atoms with Gasteiger partial charge in [0.25, 0.3) is 5.91 Å². The van der Waals surface area contributed by atoms with E-state index in [1.165, 1.54) is 11.3 Å². The summed E-state index contributed by atoms with van der Waals surface area (Å²) in [7, 11) is 0. The first-order chi connectivity index (χ1) is 10.1. The molecule has 0 spiro atoms. The molecule has 0 unspecified atom stereocenters. The largest absolute Gasteiger partial charge is 0.307 e. The molecule has 0 saturated carbocycles. The zero-order chi connectivity index (χ0) is 15.0. The van der Waals surface area contributed by atoms with Gasteiger partial charge in [-0.1, -0.05) is 17.7 Å². The number of carbonyl (C=O) groups is 2. The van der Waals surface area contributed by atoms with Crippen molar-refractivity contribution in [1.82, 2.24) is 5.43 Å². The molecule has 0 aliphatic carbocycles. The zero-order valence-electron chi connectivity index (χ0n) is 10.9. The van der Waals surface area contributed by atoms with Gasteiger partial charge in [0.15, 0.2) is 0 Å². The van der Waals surface area contributed by atoms with E-state index in [0.717, 1.165) is 16.1 Å². The number of nitrogens with one attached hydrogen (secondary N) is 1. The van der Waals surface area contributed by atoms with Crippen LogP contribution in [0.3, 0.4) is 0 Å². The summed E-state index contributed by atoms with van der Waals surface area (Å²) in [5.74, 6) is 4.81. The Morgan fingerprint density at radius 3 is 2.95 bits per heavy atom. The lowest BCUT2D eigenvalue weighted by Gasteiger charge is -2.16. The molecule has 2 heterocycles. The van der Waals surface area contributed by atoms with Gasteiger partial charge in [0.2, 0.25) is 5.91 Å². The number of halogens is 1. The first-order valence-corrected chi connectivity index (χ1v) is 7.46. The molecule has 0 radical (unpaired) electrons. The smallest absolute Gasteiger partial charge is 0.275 e. The van der Waals surface area contributed by atoms with Crippen LogP contribution in [0.2, 0.25) is 5.02 Å². The molecule has 3 N–H and O–H groups in total. The molecule has 1 aliphatic heterocycles. The fraction of sp³-hybridized carbons (Fsp3) is 0.143. The van der Waals surface area contributed by atoms with Gasteiger partial charge in [-0.05, 0) is 29.8 Å². The van der Waals surface area contributed by atoms with Crippen LogP contribution in [0.15, 0.2) is 30.3 Å². The molecule has 2 aromatic rings. The van der Waals surface area contributed by atoms with Crippen molar-refractivity contribution in [1.29, 1.82) is 0 Å². The SMILES string of the molecule is NNC(=O)c1ccc(CN2C(=O)Cc3ccc(Cl)cc32)s1. The summed E-state index contributed by atoms with van der Waals surface area (Å²) < 4.78 is 0. The highest BCUT2D eigenvalue weighted by atomic mass is 35.5. The van der Waals surface area contributed by atoms with Crippen molar-refractivity contribution in [3.05, 3.63) is 50.7 Å². The quantitative estimate of drug-likeness (QED) is 0.516.